The second-order valence-electron chi connectivity index (χ2n) is 4.96. The average molecular weight is 313 g/mol. The SMILES string of the molecule is CNCCN(C)C(=O)C(C)(C)c1ccc(Br)cc1. The first-order valence-electron chi connectivity index (χ1n) is 6.06. The number of hydrogen-bond acceptors (Lipinski definition) is 2. The molecule has 0 aliphatic rings. The Morgan fingerprint density at radius 2 is 1.89 bits per heavy atom. The Hall–Kier alpha value is -0.870. The van der Waals surface area contributed by atoms with E-state index in [0.29, 0.717) is 0 Å². The minimum absolute atomic E-state index is 0.139. The van der Waals surface area contributed by atoms with Crippen LogP contribution in [0.2, 0.25) is 0 Å². The van der Waals surface area contributed by atoms with Gasteiger partial charge in [-0.25, -0.2) is 0 Å². The monoisotopic (exact) mass is 312 g/mol. The minimum atomic E-state index is -0.497. The van der Waals surface area contributed by atoms with Crippen molar-refractivity contribution >= 4 is 21.8 Å². The second-order valence-corrected chi connectivity index (χ2v) is 5.88. The Labute approximate surface area is 118 Å². The van der Waals surface area contributed by atoms with Crippen molar-refractivity contribution in [2.24, 2.45) is 0 Å². The van der Waals surface area contributed by atoms with Gasteiger partial charge in [0.15, 0.2) is 0 Å². The lowest BCUT2D eigenvalue weighted by atomic mass is 9.83. The first-order valence-corrected chi connectivity index (χ1v) is 6.85. The van der Waals surface area contributed by atoms with Gasteiger partial charge in [0, 0.05) is 24.6 Å². The van der Waals surface area contributed by atoms with Crippen molar-refractivity contribution in [3.63, 3.8) is 0 Å². The van der Waals surface area contributed by atoms with Crippen molar-refractivity contribution < 1.29 is 4.79 Å². The molecule has 0 fully saturated rings. The fourth-order valence-corrected chi connectivity index (χ4v) is 2.11. The zero-order valence-electron chi connectivity index (χ0n) is 11.5. The maximum atomic E-state index is 12.4. The van der Waals surface area contributed by atoms with E-state index in [1.54, 1.807) is 4.90 Å². The van der Waals surface area contributed by atoms with Crippen molar-refractivity contribution in [1.82, 2.24) is 10.2 Å². The summed E-state index contributed by atoms with van der Waals surface area (Å²) in [5.74, 6) is 0.139. The smallest absolute Gasteiger partial charge is 0.232 e. The molecule has 1 rings (SSSR count). The van der Waals surface area contributed by atoms with Crippen molar-refractivity contribution in [3.8, 4) is 0 Å². The average Bonchev–Trinajstić information content (AvgIpc) is 2.35. The van der Waals surface area contributed by atoms with E-state index < -0.39 is 5.41 Å². The van der Waals surface area contributed by atoms with Gasteiger partial charge in [0.2, 0.25) is 5.91 Å². The fourth-order valence-electron chi connectivity index (χ4n) is 1.85. The summed E-state index contributed by atoms with van der Waals surface area (Å²) < 4.78 is 1.03. The number of hydrogen-bond donors (Lipinski definition) is 1. The molecule has 0 spiro atoms. The Morgan fingerprint density at radius 1 is 1.33 bits per heavy atom. The number of amides is 1. The van der Waals surface area contributed by atoms with Crippen LogP contribution in [0.3, 0.4) is 0 Å². The summed E-state index contributed by atoms with van der Waals surface area (Å²) in [6.07, 6.45) is 0. The predicted octanol–water partition coefficient (Wildman–Crippen LogP) is 2.40. The summed E-state index contributed by atoms with van der Waals surface area (Å²) in [6.45, 7) is 5.46. The van der Waals surface area contributed by atoms with Gasteiger partial charge < -0.3 is 10.2 Å². The highest BCUT2D eigenvalue weighted by Gasteiger charge is 2.31. The van der Waals surface area contributed by atoms with Gasteiger partial charge >= 0.3 is 0 Å². The number of nitrogens with one attached hydrogen (secondary N) is 1. The minimum Gasteiger partial charge on any atom is -0.344 e. The molecule has 1 N–H and O–H groups in total. The van der Waals surface area contributed by atoms with E-state index in [9.17, 15) is 4.79 Å². The summed E-state index contributed by atoms with van der Waals surface area (Å²) in [6, 6.07) is 7.93. The van der Waals surface area contributed by atoms with Gasteiger partial charge in [0.05, 0.1) is 5.41 Å². The van der Waals surface area contributed by atoms with Gasteiger partial charge in [-0.15, -0.1) is 0 Å². The summed E-state index contributed by atoms with van der Waals surface area (Å²) in [4.78, 5) is 14.2. The third-order valence-electron chi connectivity index (χ3n) is 3.14. The van der Waals surface area contributed by atoms with E-state index in [0.717, 1.165) is 23.1 Å². The molecule has 0 heterocycles. The van der Waals surface area contributed by atoms with Crippen LogP contribution in [-0.2, 0) is 10.2 Å². The third-order valence-corrected chi connectivity index (χ3v) is 3.67. The Kier molecular flexibility index (Phi) is 5.35. The molecular formula is C14H21BrN2O. The van der Waals surface area contributed by atoms with E-state index >= 15 is 0 Å². The van der Waals surface area contributed by atoms with Crippen molar-refractivity contribution in [3.05, 3.63) is 34.3 Å². The van der Waals surface area contributed by atoms with Gasteiger partial charge in [-0.1, -0.05) is 28.1 Å². The summed E-state index contributed by atoms with van der Waals surface area (Å²) in [5.41, 5.74) is 0.537. The Morgan fingerprint density at radius 3 is 2.39 bits per heavy atom. The highest BCUT2D eigenvalue weighted by atomic mass is 79.9. The van der Waals surface area contributed by atoms with E-state index in [4.69, 9.17) is 0 Å². The van der Waals surface area contributed by atoms with Crippen LogP contribution < -0.4 is 5.32 Å². The van der Waals surface area contributed by atoms with Gasteiger partial charge in [-0.2, -0.15) is 0 Å². The molecule has 1 aromatic rings. The molecule has 0 aliphatic carbocycles. The molecule has 4 heteroatoms. The number of halogens is 1. The molecule has 0 atom stereocenters. The summed E-state index contributed by atoms with van der Waals surface area (Å²) >= 11 is 3.41. The molecule has 0 radical (unpaired) electrons. The number of rotatable bonds is 5. The maximum Gasteiger partial charge on any atom is 0.232 e. The lowest BCUT2D eigenvalue weighted by Gasteiger charge is -2.30. The van der Waals surface area contributed by atoms with Gasteiger partial charge in [-0.05, 0) is 38.6 Å². The predicted molar refractivity (Wildman–Crippen MR) is 78.7 cm³/mol. The quantitative estimate of drug-likeness (QED) is 0.905. The third kappa shape index (κ3) is 3.56. The number of nitrogens with zero attached hydrogens (tertiary/aromatic N) is 1. The standard InChI is InChI=1S/C14H21BrN2O/c1-14(2,11-5-7-12(15)8-6-11)13(18)17(4)10-9-16-3/h5-8,16H,9-10H2,1-4H3. The molecule has 18 heavy (non-hydrogen) atoms. The van der Waals surface area contributed by atoms with Gasteiger partial charge in [0.1, 0.15) is 0 Å². The first-order chi connectivity index (χ1) is 8.39. The summed E-state index contributed by atoms with van der Waals surface area (Å²) in [5, 5.41) is 3.05. The lowest BCUT2D eigenvalue weighted by molar-refractivity contribution is -0.134. The highest BCUT2D eigenvalue weighted by molar-refractivity contribution is 9.10. The molecule has 0 aromatic heterocycles. The first kappa shape index (κ1) is 15.2. The van der Waals surface area contributed by atoms with Crippen LogP contribution in [0.15, 0.2) is 28.7 Å². The van der Waals surface area contributed by atoms with E-state index in [-0.39, 0.29) is 5.91 Å². The number of carbonyl (C=O) groups is 1. The highest BCUT2D eigenvalue weighted by Crippen LogP contribution is 2.26. The molecule has 1 aromatic carbocycles. The fraction of sp³-hybridized carbons (Fsp3) is 0.500. The molecule has 0 aliphatic heterocycles. The van der Waals surface area contributed by atoms with Crippen LogP contribution in [0.4, 0.5) is 0 Å². The molecule has 0 saturated heterocycles. The van der Waals surface area contributed by atoms with Crippen LogP contribution >= 0.6 is 15.9 Å². The molecule has 0 bridgehead atoms. The zero-order valence-corrected chi connectivity index (χ0v) is 13.0. The van der Waals surface area contributed by atoms with Crippen molar-refractivity contribution in [1.29, 1.82) is 0 Å². The normalized spacial score (nSPS) is 11.4. The molecule has 100 valence electrons. The molecule has 3 nitrogen and oxygen atoms in total. The largest absolute Gasteiger partial charge is 0.344 e. The molecule has 0 saturated carbocycles. The Bertz CT molecular complexity index is 401. The van der Waals surface area contributed by atoms with E-state index in [1.165, 1.54) is 0 Å². The molecular weight excluding hydrogens is 292 g/mol. The number of carbonyl (C=O) groups excluding carboxylic acids is 1. The van der Waals surface area contributed by atoms with Crippen LogP contribution in [0.25, 0.3) is 0 Å². The zero-order chi connectivity index (χ0) is 13.8. The van der Waals surface area contributed by atoms with Crippen molar-refractivity contribution in [2.75, 3.05) is 27.2 Å². The van der Waals surface area contributed by atoms with E-state index in [1.807, 2.05) is 52.2 Å². The lowest BCUT2D eigenvalue weighted by Crippen LogP contribution is -2.43. The molecule has 1 amide bonds. The molecule has 0 unspecified atom stereocenters. The topological polar surface area (TPSA) is 32.3 Å². The van der Waals surface area contributed by atoms with Crippen LogP contribution in [0.1, 0.15) is 19.4 Å². The Balaban J connectivity index is 2.84. The van der Waals surface area contributed by atoms with Gasteiger partial charge in [0.25, 0.3) is 0 Å². The number of benzene rings is 1. The van der Waals surface area contributed by atoms with E-state index in [2.05, 4.69) is 21.2 Å². The second kappa shape index (κ2) is 6.34. The number of likely N-dealkylation sites (N-methyl/N-ethyl adjacent to an activating group) is 2. The van der Waals surface area contributed by atoms with Crippen LogP contribution in [-0.4, -0.2) is 38.0 Å². The van der Waals surface area contributed by atoms with Crippen molar-refractivity contribution in [2.45, 2.75) is 19.3 Å². The van der Waals surface area contributed by atoms with Crippen LogP contribution in [0.5, 0.6) is 0 Å². The van der Waals surface area contributed by atoms with Crippen LogP contribution in [0, 0.1) is 0 Å². The summed E-state index contributed by atoms with van der Waals surface area (Å²) in [7, 11) is 3.73. The van der Waals surface area contributed by atoms with Gasteiger partial charge in [-0.3, -0.25) is 4.79 Å². The maximum absolute atomic E-state index is 12.4.